The van der Waals surface area contributed by atoms with Gasteiger partial charge < -0.3 is 15.2 Å². The average molecular weight is 259 g/mol. The van der Waals surface area contributed by atoms with Crippen LogP contribution in [-0.4, -0.2) is 43.0 Å². The summed E-state index contributed by atoms with van der Waals surface area (Å²) in [5, 5.41) is 0. The summed E-state index contributed by atoms with van der Waals surface area (Å²) in [7, 11) is 0. The van der Waals surface area contributed by atoms with Crippen molar-refractivity contribution in [2.75, 3.05) is 31.3 Å². The lowest BCUT2D eigenvalue weighted by molar-refractivity contribution is -0.0843. The van der Waals surface area contributed by atoms with Gasteiger partial charge >= 0.3 is 0 Å². The fourth-order valence-corrected chi connectivity index (χ4v) is 4.27. The van der Waals surface area contributed by atoms with E-state index in [1.807, 2.05) is 18.7 Å². The fourth-order valence-electron chi connectivity index (χ4n) is 2.89. The van der Waals surface area contributed by atoms with Gasteiger partial charge in [0.25, 0.3) is 0 Å². The topological polar surface area (TPSA) is 44.5 Å². The van der Waals surface area contributed by atoms with Gasteiger partial charge in [0.2, 0.25) is 0 Å². The van der Waals surface area contributed by atoms with Gasteiger partial charge in [0.1, 0.15) is 0 Å². The molecule has 2 rings (SSSR count). The van der Waals surface area contributed by atoms with Crippen molar-refractivity contribution in [2.24, 2.45) is 11.7 Å². The Hall–Kier alpha value is 0.230. The Labute approximate surface area is 109 Å². The third kappa shape index (κ3) is 3.60. The van der Waals surface area contributed by atoms with Gasteiger partial charge in [-0.15, -0.1) is 0 Å². The van der Waals surface area contributed by atoms with E-state index in [1.54, 1.807) is 0 Å². The minimum atomic E-state index is 0.164. The molecule has 2 aliphatic rings. The highest BCUT2D eigenvalue weighted by Gasteiger charge is 2.41. The molecule has 3 nitrogen and oxygen atoms in total. The smallest absolute Gasteiger partial charge is 0.0783 e. The van der Waals surface area contributed by atoms with Crippen molar-refractivity contribution in [1.29, 1.82) is 0 Å². The first-order valence-electron chi connectivity index (χ1n) is 6.81. The van der Waals surface area contributed by atoms with Crippen LogP contribution in [-0.2, 0) is 9.47 Å². The summed E-state index contributed by atoms with van der Waals surface area (Å²) in [5.74, 6) is 3.05. The molecule has 17 heavy (non-hydrogen) atoms. The molecule has 2 N–H and O–H groups in total. The Morgan fingerprint density at radius 3 is 3.18 bits per heavy atom. The van der Waals surface area contributed by atoms with E-state index in [0.717, 1.165) is 39.1 Å². The molecule has 0 bridgehead atoms. The Bertz CT molecular complexity index is 231. The normalized spacial score (nSPS) is 35.3. The van der Waals surface area contributed by atoms with Crippen LogP contribution in [0.5, 0.6) is 0 Å². The number of hydrogen-bond donors (Lipinski definition) is 1. The second-order valence-electron chi connectivity index (χ2n) is 5.24. The lowest BCUT2D eigenvalue weighted by Gasteiger charge is -2.40. The van der Waals surface area contributed by atoms with Gasteiger partial charge in [-0.25, -0.2) is 0 Å². The van der Waals surface area contributed by atoms with Crippen LogP contribution in [0.2, 0.25) is 0 Å². The lowest BCUT2D eigenvalue weighted by Crippen LogP contribution is -2.45. The molecule has 2 saturated heterocycles. The summed E-state index contributed by atoms with van der Waals surface area (Å²) >= 11 is 2.02. The third-order valence-corrected chi connectivity index (χ3v) is 5.23. The number of rotatable bonds is 5. The first-order valence-corrected chi connectivity index (χ1v) is 7.96. The number of hydrogen-bond acceptors (Lipinski definition) is 4. The molecule has 3 atom stereocenters. The highest BCUT2D eigenvalue weighted by atomic mass is 32.2. The molecular weight excluding hydrogens is 234 g/mol. The van der Waals surface area contributed by atoms with Crippen molar-refractivity contribution < 1.29 is 9.47 Å². The Kier molecular flexibility index (Phi) is 5.15. The number of nitrogens with two attached hydrogens (primary N) is 1. The highest BCUT2D eigenvalue weighted by Crippen LogP contribution is 2.41. The van der Waals surface area contributed by atoms with Crippen molar-refractivity contribution in [3.63, 3.8) is 0 Å². The predicted molar refractivity (Wildman–Crippen MR) is 72.4 cm³/mol. The molecule has 0 saturated carbocycles. The highest BCUT2D eigenvalue weighted by molar-refractivity contribution is 7.99. The monoisotopic (exact) mass is 259 g/mol. The summed E-state index contributed by atoms with van der Waals surface area (Å²) in [5.41, 5.74) is 6.46. The molecule has 0 radical (unpaired) electrons. The largest absolute Gasteiger partial charge is 0.382 e. The Balaban J connectivity index is 1.79. The van der Waals surface area contributed by atoms with Crippen LogP contribution in [0.15, 0.2) is 0 Å². The molecule has 4 heteroatoms. The summed E-state index contributed by atoms with van der Waals surface area (Å²) in [6.07, 6.45) is 4.49. The molecule has 100 valence electrons. The van der Waals surface area contributed by atoms with E-state index in [2.05, 4.69) is 0 Å². The van der Waals surface area contributed by atoms with Gasteiger partial charge in [0.15, 0.2) is 0 Å². The summed E-state index contributed by atoms with van der Waals surface area (Å²) in [6, 6.07) is 0.285. The average Bonchev–Trinajstić information content (AvgIpc) is 2.77. The van der Waals surface area contributed by atoms with Crippen molar-refractivity contribution in [2.45, 2.75) is 44.2 Å². The maximum atomic E-state index is 6.30. The van der Waals surface area contributed by atoms with E-state index in [9.17, 15) is 0 Å². The molecule has 2 heterocycles. The first kappa shape index (κ1) is 13.7. The van der Waals surface area contributed by atoms with Gasteiger partial charge in [-0.1, -0.05) is 0 Å². The molecule has 2 aliphatic heterocycles. The molecule has 0 aromatic heterocycles. The van der Waals surface area contributed by atoms with E-state index < -0.39 is 0 Å². The van der Waals surface area contributed by atoms with Crippen LogP contribution in [0.25, 0.3) is 0 Å². The van der Waals surface area contributed by atoms with E-state index >= 15 is 0 Å². The molecule has 0 aromatic carbocycles. The van der Waals surface area contributed by atoms with Crippen LogP contribution in [0.4, 0.5) is 0 Å². The van der Waals surface area contributed by atoms with Crippen LogP contribution in [0.1, 0.15) is 32.6 Å². The van der Waals surface area contributed by atoms with Crippen molar-refractivity contribution >= 4 is 11.8 Å². The van der Waals surface area contributed by atoms with Crippen molar-refractivity contribution in [3.05, 3.63) is 0 Å². The zero-order chi connectivity index (χ0) is 12.1. The van der Waals surface area contributed by atoms with Crippen LogP contribution >= 0.6 is 11.8 Å². The lowest BCUT2D eigenvalue weighted by atomic mass is 9.80. The molecule has 0 aliphatic carbocycles. The van der Waals surface area contributed by atoms with Gasteiger partial charge in [0, 0.05) is 31.6 Å². The second-order valence-corrected chi connectivity index (χ2v) is 6.34. The second kappa shape index (κ2) is 6.41. The van der Waals surface area contributed by atoms with E-state index in [-0.39, 0.29) is 11.6 Å². The molecular formula is C13H25NO2S. The quantitative estimate of drug-likeness (QED) is 0.767. The maximum Gasteiger partial charge on any atom is 0.0783 e. The standard InChI is InChI=1S/C13H25NO2S/c1-2-15-6-4-12(14)11-3-7-16-13(9-11)5-8-17-10-13/h11-12H,2-10,14H2,1H3. The zero-order valence-corrected chi connectivity index (χ0v) is 11.6. The van der Waals surface area contributed by atoms with E-state index in [4.69, 9.17) is 15.2 Å². The van der Waals surface area contributed by atoms with Gasteiger partial charge in [-0.2, -0.15) is 11.8 Å². The van der Waals surface area contributed by atoms with E-state index in [0.29, 0.717) is 5.92 Å². The molecule has 0 aromatic rings. The van der Waals surface area contributed by atoms with Gasteiger partial charge in [0.05, 0.1) is 5.60 Å². The summed E-state index contributed by atoms with van der Waals surface area (Å²) in [4.78, 5) is 0. The summed E-state index contributed by atoms with van der Waals surface area (Å²) in [6.45, 7) is 4.52. The zero-order valence-electron chi connectivity index (χ0n) is 10.8. The minimum Gasteiger partial charge on any atom is -0.382 e. The SMILES string of the molecule is CCOCCC(N)C1CCOC2(CCSC2)C1. The molecule has 0 amide bonds. The fraction of sp³-hybridized carbons (Fsp3) is 1.00. The molecule has 2 fully saturated rings. The van der Waals surface area contributed by atoms with Crippen LogP contribution in [0.3, 0.4) is 0 Å². The van der Waals surface area contributed by atoms with Crippen molar-refractivity contribution in [3.8, 4) is 0 Å². The minimum absolute atomic E-state index is 0.164. The van der Waals surface area contributed by atoms with Gasteiger partial charge in [-0.05, 0) is 44.3 Å². The maximum absolute atomic E-state index is 6.30. The predicted octanol–water partition coefficient (Wildman–Crippen LogP) is 2.04. The number of ether oxygens (including phenoxy) is 2. The summed E-state index contributed by atoms with van der Waals surface area (Å²) < 4.78 is 11.4. The van der Waals surface area contributed by atoms with E-state index in [1.165, 1.54) is 17.9 Å². The van der Waals surface area contributed by atoms with Crippen LogP contribution in [0, 0.1) is 5.92 Å². The Morgan fingerprint density at radius 1 is 1.59 bits per heavy atom. The third-order valence-electron chi connectivity index (χ3n) is 4.00. The van der Waals surface area contributed by atoms with Gasteiger partial charge in [-0.3, -0.25) is 0 Å². The van der Waals surface area contributed by atoms with Crippen LogP contribution < -0.4 is 5.73 Å². The molecule has 1 spiro atoms. The number of thioether (sulfide) groups is 1. The first-order chi connectivity index (χ1) is 8.26. The molecule has 3 unspecified atom stereocenters. The Morgan fingerprint density at radius 2 is 2.47 bits per heavy atom. The van der Waals surface area contributed by atoms with Crippen molar-refractivity contribution in [1.82, 2.24) is 0 Å².